The molecule has 1 heterocycles. The first-order chi connectivity index (χ1) is 10.7. The van der Waals surface area contributed by atoms with E-state index in [1.54, 1.807) is 11.8 Å². The van der Waals surface area contributed by atoms with E-state index in [0.29, 0.717) is 5.91 Å². The molecule has 1 amide bonds. The quantitative estimate of drug-likeness (QED) is 0.900. The fourth-order valence-electron chi connectivity index (χ4n) is 5.93. The molecule has 1 N–H and O–H groups in total. The zero-order valence-corrected chi connectivity index (χ0v) is 13.7. The van der Waals surface area contributed by atoms with Gasteiger partial charge in [0.05, 0.1) is 5.25 Å². The summed E-state index contributed by atoms with van der Waals surface area (Å²) in [7, 11) is 0. The highest BCUT2D eigenvalue weighted by Gasteiger charge is 2.52. The van der Waals surface area contributed by atoms with E-state index in [0.717, 1.165) is 24.2 Å². The van der Waals surface area contributed by atoms with Gasteiger partial charge >= 0.3 is 0 Å². The number of nitrogens with one attached hydrogen (secondary N) is 1. The second-order valence-electron chi connectivity index (χ2n) is 8.11. The van der Waals surface area contributed by atoms with Gasteiger partial charge < -0.3 is 5.32 Å². The van der Waals surface area contributed by atoms with Crippen molar-refractivity contribution in [2.45, 2.75) is 60.6 Å². The first-order valence-corrected chi connectivity index (χ1v) is 9.64. The monoisotopic (exact) mass is 313 g/mol. The van der Waals surface area contributed by atoms with Crippen molar-refractivity contribution < 1.29 is 4.79 Å². The van der Waals surface area contributed by atoms with Crippen molar-refractivity contribution in [3.63, 3.8) is 0 Å². The van der Waals surface area contributed by atoms with Crippen molar-refractivity contribution in [1.82, 2.24) is 5.32 Å². The summed E-state index contributed by atoms with van der Waals surface area (Å²) >= 11 is 1.76. The maximum Gasteiger partial charge on any atom is 0.234 e. The average Bonchev–Trinajstić information content (AvgIpc) is 2.89. The third-order valence-electron chi connectivity index (χ3n) is 6.37. The fraction of sp³-hybridized carbons (Fsp3) is 0.632. The third-order valence-corrected chi connectivity index (χ3v) is 7.68. The number of benzene rings is 1. The van der Waals surface area contributed by atoms with Crippen LogP contribution in [0.2, 0.25) is 0 Å². The molecule has 1 atom stereocenters. The van der Waals surface area contributed by atoms with Crippen LogP contribution in [0.15, 0.2) is 29.2 Å². The summed E-state index contributed by atoms with van der Waals surface area (Å²) in [6.45, 7) is 0. The zero-order chi connectivity index (χ0) is 14.7. The Balaban J connectivity index is 1.32. The molecule has 22 heavy (non-hydrogen) atoms. The maximum atomic E-state index is 12.9. The van der Waals surface area contributed by atoms with Gasteiger partial charge in [0.25, 0.3) is 0 Å². The highest BCUT2D eigenvalue weighted by Crippen LogP contribution is 2.55. The van der Waals surface area contributed by atoms with Gasteiger partial charge in [0.2, 0.25) is 5.91 Å². The fourth-order valence-corrected chi connectivity index (χ4v) is 7.13. The van der Waals surface area contributed by atoms with Crippen LogP contribution in [0.1, 0.15) is 44.1 Å². The van der Waals surface area contributed by atoms with E-state index in [1.165, 1.54) is 49.0 Å². The minimum absolute atomic E-state index is 0.0883. The van der Waals surface area contributed by atoms with E-state index >= 15 is 0 Å². The first kappa shape index (κ1) is 13.5. The van der Waals surface area contributed by atoms with Crippen LogP contribution in [0.5, 0.6) is 0 Å². The van der Waals surface area contributed by atoms with E-state index in [1.807, 2.05) is 0 Å². The van der Waals surface area contributed by atoms with Crippen molar-refractivity contribution in [2.75, 3.05) is 0 Å². The molecule has 1 aromatic rings. The topological polar surface area (TPSA) is 29.1 Å². The number of thioether (sulfide) groups is 1. The summed E-state index contributed by atoms with van der Waals surface area (Å²) in [6, 6.07) is 8.47. The molecule has 5 aliphatic rings. The van der Waals surface area contributed by atoms with Crippen molar-refractivity contribution >= 4 is 17.7 Å². The lowest BCUT2D eigenvalue weighted by Gasteiger charge is -2.57. The van der Waals surface area contributed by atoms with Gasteiger partial charge in [-0.25, -0.2) is 0 Å². The lowest BCUT2D eigenvalue weighted by molar-refractivity contribution is -0.126. The highest BCUT2D eigenvalue weighted by atomic mass is 32.2. The van der Waals surface area contributed by atoms with Crippen molar-refractivity contribution in [1.29, 1.82) is 0 Å². The van der Waals surface area contributed by atoms with Crippen molar-refractivity contribution in [2.24, 2.45) is 17.8 Å². The van der Waals surface area contributed by atoms with Gasteiger partial charge in [-0.3, -0.25) is 4.79 Å². The SMILES string of the molecule is O=C(NC12CC3CC(CC(C3)C1)C2)C1Cc2ccccc2S1. The van der Waals surface area contributed by atoms with Crippen LogP contribution in [-0.2, 0) is 11.2 Å². The van der Waals surface area contributed by atoms with Crippen molar-refractivity contribution in [3.8, 4) is 0 Å². The highest BCUT2D eigenvalue weighted by molar-refractivity contribution is 8.01. The van der Waals surface area contributed by atoms with Crippen LogP contribution in [0.3, 0.4) is 0 Å². The molecule has 4 fully saturated rings. The molecule has 4 bridgehead atoms. The molecular weight excluding hydrogens is 290 g/mol. The van der Waals surface area contributed by atoms with Crippen LogP contribution in [0, 0.1) is 17.8 Å². The second kappa shape index (κ2) is 4.77. The molecule has 4 saturated carbocycles. The number of hydrogen-bond acceptors (Lipinski definition) is 2. The molecule has 2 nitrogen and oxygen atoms in total. The molecule has 0 spiro atoms. The lowest BCUT2D eigenvalue weighted by atomic mass is 9.53. The first-order valence-electron chi connectivity index (χ1n) is 8.76. The Morgan fingerprint density at radius 3 is 2.32 bits per heavy atom. The van der Waals surface area contributed by atoms with Gasteiger partial charge in [0, 0.05) is 10.4 Å². The Labute approximate surface area is 136 Å². The molecule has 0 aromatic heterocycles. The Kier molecular flexibility index (Phi) is 2.92. The number of amides is 1. The van der Waals surface area contributed by atoms with Gasteiger partial charge in [0.15, 0.2) is 0 Å². The third kappa shape index (κ3) is 2.12. The Morgan fingerprint density at radius 1 is 1.05 bits per heavy atom. The predicted octanol–water partition coefficient (Wildman–Crippen LogP) is 3.79. The number of fused-ring (bicyclic) bond motifs is 1. The molecule has 4 aliphatic carbocycles. The molecule has 6 rings (SSSR count). The minimum atomic E-state index is 0.0883. The van der Waals surface area contributed by atoms with Crippen molar-refractivity contribution in [3.05, 3.63) is 29.8 Å². The summed E-state index contributed by atoms with van der Waals surface area (Å²) in [5.74, 6) is 2.96. The van der Waals surface area contributed by atoms with E-state index in [9.17, 15) is 4.79 Å². The summed E-state index contributed by atoms with van der Waals surface area (Å²) < 4.78 is 0. The molecule has 3 heteroatoms. The van der Waals surface area contributed by atoms with Gasteiger partial charge in [-0.1, -0.05) is 18.2 Å². The standard InChI is InChI=1S/C19H23NOS/c21-18(17-8-15-3-1-2-4-16(15)22-17)20-19-9-12-5-13(10-19)7-14(6-12)11-19/h1-4,12-14,17H,5-11H2,(H,20,21). The van der Waals surface area contributed by atoms with E-state index in [-0.39, 0.29) is 10.8 Å². The molecule has 0 radical (unpaired) electrons. The van der Waals surface area contributed by atoms with Gasteiger partial charge in [0.1, 0.15) is 0 Å². The number of rotatable bonds is 2. The number of carbonyl (C=O) groups excluding carboxylic acids is 1. The van der Waals surface area contributed by atoms with Gasteiger partial charge in [-0.15, -0.1) is 11.8 Å². The summed E-state index contributed by atoms with van der Waals surface area (Å²) in [5.41, 5.74) is 1.50. The summed E-state index contributed by atoms with van der Waals surface area (Å²) in [5, 5.41) is 3.63. The van der Waals surface area contributed by atoms with Crippen LogP contribution < -0.4 is 5.32 Å². The van der Waals surface area contributed by atoms with Gasteiger partial charge in [-0.2, -0.15) is 0 Å². The average molecular weight is 313 g/mol. The largest absolute Gasteiger partial charge is 0.350 e. The molecule has 1 aliphatic heterocycles. The number of hydrogen-bond donors (Lipinski definition) is 1. The minimum Gasteiger partial charge on any atom is -0.350 e. The van der Waals surface area contributed by atoms with E-state index in [4.69, 9.17) is 0 Å². The smallest absolute Gasteiger partial charge is 0.234 e. The molecule has 1 unspecified atom stereocenters. The van der Waals surface area contributed by atoms with Crippen LogP contribution in [-0.4, -0.2) is 16.7 Å². The van der Waals surface area contributed by atoms with Crippen LogP contribution in [0.4, 0.5) is 0 Å². The summed E-state index contributed by atoms with van der Waals surface area (Å²) in [4.78, 5) is 14.2. The predicted molar refractivity (Wildman–Crippen MR) is 88.8 cm³/mol. The van der Waals surface area contributed by atoms with E-state index in [2.05, 4.69) is 29.6 Å². The maximum absolute atomic E-state index is 12.9. The molecular formula is C19H23NOS. The lowest BCUT2D eigenvalue weighted by Crippen LogP contribution is -2.61. The number of carbonyl (C=O) groups is 1. The second-order valence-corrected chi connectivity index (χ2v) is 9.35. The summed E-state index contributed by atoms with van der Waals surface area (Å²) in [6.07, 6.45) is 8.93. The van der Waals surface area contributed by atoms with Gasteiger partial charge in [-0.05, 0) is 74.3 Å². The van der Waals surface area contributed by atoms with E-state index < -0.39 is 0 Å². The molecule has 0 saturated heterocycles. The Hall–Kier alpha value is -0.960. The Bertz CT molecular complexity index is 565. The Morgan fingerprint density at radius 2 is 1.68 bits per heavy atom. The zero-order valence-electron chi connectivity index (χ0n) is 12.9. The van der Waals surface area contributed by atoms with Crippen LogP contribution in [0.25, 0.3) is 0 Å². The molecule has 116 valence electrons. The normalized spacial score (nSPS) is 41.5. The molecule has 1 aromatic carbocycles. The van der Waals surface area contributed by atoms with Crippen LogP contribution >= 0.6 is 11.8 Å².